The first-order chi connectivity index (χ1) is 18.0. The van der Waals surface area contributed by atoms with Gasteiger partial charge < -0.3 is 25.4 Å². The third-order valence-electron chi connectivity index (χ3n) is 12.5. The maximum Gasteiger partial charge on any atom is 0.303 e. The Kier molecular flexibility index (Phi) is 7.18. The van der Waals surface area contributed by atoms with E-state index in [1.807, 2.05) is 0 Å². The highest BCUT2D eigenvalue weighted by atomic mass is 16.6. The summed E-state index contributed by atoms with van der Waals surface area (Å²) in [6.07, 6.45) is 7.19. The second kappa shape index (κ2) is 9.50. The molecule has 0 amide bonds. The van der Waals surface area contributed by atoms with Crippen molar-refractivity contribution in [2.75, 3.05) is 0 Å². The molecule has 7 heteroatoms. The van der Waals surface area contributed by atoms with E-state index in [9.17, 15) is 19.8 Å². The molecule has 5 aliphatic rings. The summed E-state index contributed by atoms with van der Waals surface area (Å²) >= 11 is 0. The lowest BCUT2D eigenvalue weighted by Crippen LogP contribution is -2.60. The number of fused-ring (bicyclic) bond motifs is 1. The lowest BCUT2D eigenvalue weighted by atomic mass is 9.49. The topological polar surface area (TPSA) is 119 Å². The third-order valence-corrected chi connectivity index (χ3v) is 12.5. The van der Waals surface area contributed by atoms with Crippen molar-refractivity contribution in [3.8, 4) is 0 Å². The summed E-state index contributed by atoms with van der Waals surface area (Å²) in [6.45, 7) is 13.5. The van der Waals surface area contributed by atoms with Crippen molar-refractivity contribution in [2.24, 2.45) is 45.7 Å². The van der Waals surface area contributed by atoms with E-state index < -0.39 is 35.4 Å². The first-order valence-corrected chi connectivity index (χ1v) is 15.6. The summed E-state index contributed by atoms with van der Waals surface area (Å²) < 4.78 is 12.0. The first-order valence-electron chi connectivity index (χ1n) is 15.6. The second-order valence-corrected chi connectivity index (χ2v) is 15.4. The van der Waals surface area contributed by atoms with E-state index in [0.717, 1.165) is 51.4 Å². The smallest absolute Gasteiger partial charge is 0.303 e. The molecule has 4 aliphatic carbocycles. The number of aliphatic hydroxyl groups is 2. The maximum absolute atomic E-state index is 14.4. The van der Waals surface area contributed by atoms with Crippen molar-refractivity contribution in [3.63, 3.8) is 0 Å². The Hall–Kier alpha value is -1.02. The Morgan fingerprint density at radius 1 is 1.23 bits per heavy atom. The van der Waals surface area contributed by atoms with Gasteiger partial charge in [-0.05, 0) is 105 Å². The third kappa shape index (κ3) is 4.27. The Labute approximate surface area is 235 Å². The molecule has 39 heavy (non-hydrogen) atoms. The standard InChI is InChI=1S/C32H53NO6/c1-8-9-13-30-17-31(30)14-12-24(35)28(4,5)22(31)10-11-23(30)32(33)16-20-18(2)15-21(39-25(20)26(32)36)27(29(6,7)37)38-19(3)34/h18,20-25,27,35,37H,8-17,33H2,1-7H3. The molecule has 4 saturated carbocycles. The molecule has 1 heterocycles. The number of unbranched alkanes of at least 4 members (excludes halogenated alkanes) is 1. The maximum atomic E-state index is 14.4. The van der Waals surface area contributed by atoms with Gasteiger partial charge in [-0.3, -0.25) is 9.59 Å². The van der Waals surface area contributed by atoms with Crippen LogP contribution in [0.15, 0.2) is 0 Å². The van der Waals surface area contributed by atoms with Gasteiger partial charge in [-0.2, -0.15) is 0 Å². The Morgan fingerprint density at radius 2 is 1.90 bits per heavy atom. The van der Waals surface area contributed by atoms with Gasteiger partial charge in [0, 0.05) is 6.92 Å². The van der Waals surface area contributed by atoms with E-state index in [0.29, 0.717) is 18.8 Å². The number of hydrogen-bond acceptors (Lipinski definition) is 7. The summed E-state index contributed by atoms with van der Waals surface area (Å²) in [4.78, 5) is 26.3. The second-order valence-electron chi connectivity index (χ2n) is 15.4. The number of aliphatic hydroxyl groups excluding tert-OH is 1. The van der Waals surface area contributed by atoms with Crippen LogP contribution in [0, 0.1) is 39.9 Å². The molecular weight excluding hydrogens is 494 g/mol. The fraction of sp³-hybridized carbons (Fsp3) is 0.938. The molecule has 0 aromatic carbocycles. The normalized spacial score (nSPS) is 47.5. The molecule has 0 aromatic heterocycles. The Balaban J connectivity index is 1.45. The molecule has 7 nitrogen and oxygen atoms in total. The number of esters is 1. The van der Waals surface area contributed by atoms with E-state index in [1.54, 1.807) is 13.8 Å². The van der Waals surface area contributed by atoms with Crippen molar-refractivity contribution in [1.82, 2.24) is 0 Å². The zero-order valence-corrected chi connectivity index (χ0v) is 25.3. The van der Waals surface area contributed by atoms with Crippen LogP contribution in [0.3, 0.4) is 0 Å². The lowest BCUT2D eigenvalue weighted by molar-refractivity contribution is -0.202. The molecule has 1 spiro atoms. The number of nitrogens with two attached hydrogens (primary N) is 1. The predicted molar refractivity (Wildman–Crippen MR) is 149 cm³/mol. The van der Waals surface area contributed by atoms with Crippen LogP contribution in [0.4, 0.5) is 0 Å². The molecule has 0 aromatic rings. The van der Waals surface area contributed by atoms with Gasteiger partial charge in [0.15, 0.2) is 11.9 Å². The molecule has 1 saturated heterocycles. The van der Waals surface area contributed by atoms with Crippen LogP contribution in [0.5, 0.6) is 0 Å². The average molecular weight is 548 g/mol. The largest absolute Gasteiger partial charge is 0.457 e. The minimum atomic E-state index is -1.30. The monoisotopic (exact) mass is 547 g/mol. The van der Waals surface area contributed by atoms with Crippen LogP contribution in [0.25, 0.3) is 0 Å². The summed E-state index contributed by atoms with van der Waals surface area (Å²) in [6, 6.07) is 0. The highest BCUT2D eigenvalue weighted by molar-refractivity contribution is 5.95. The number of carbonyl (C=O) groups is 2. The van der Waals surface area contributed by atoms with Crippen LogP contribution in [0.1, 0.15) is 113 Å². The van der Waals surface area contributed by atoms with Gasteiger partial charge in [-0.25, -0.2) is 0 Å². The van der Waals surface area contributed by atoms with E-state index in [4.69, 9.17) is 15.2 Å². The molecular formula is C32H53NO6. The van der Waals surface area contributed by atoms with Crippen LogP contribution in [-0.4, -0.2) is 57.5 Å². The van der Waals surface area contributed by atoms with Crippen LogP contribution in [-0.2, 0) is 19.1 Å². The molecule has 5 fully saturated rings. The van der Waals surface area contributed by atoms with Crippen molar-refractivity contribution in [2.45, 2.75) is 148 Å². The molecule has 0 bridgehead atoms. The van der Waals surface area contributed by atoms with Gasteiger partial charge in [0.2, 0.25) is 0 Å². The molecule has 0 radical (unpaired) electrons. The van der Waals surface area contributed by atoms with Crippen molar-refractivity contribution >= 4 is 11.8 Å². The van der Waals surface area contributed by atoms with Crippen molar-refractivity contribution in [3.05, 3.63) is 0 Å². The summed E-state index contributed by atoms with van der Waals surface area (Å²) in [5.74, 6) is 0.297. The van der Waals surface area contributed by atoms with Gasteiger partial charge in [-0.15, -0.1) is 0 Å². The highest BCUT2D eigenvalue weighted by Gasteiger charge is 2.80. The minimum absolute atomic E-state index is 0.0119. The van der Waals surface area contributed by atoms with E-state index in [-0.39, 0.29) is 45.9 Å². The van der Waals surface area contributed by atoms with Crippen LogP contribution in [0.2, 0.25) is 0 Å². The number of carbonyl (C=O) groups excluding carboxylic acids is 2. The SMILES string of the molecule is CCCCC12CC13CCC(O)C(C)(C)C3CCC2C1(N)CC2C(C)CC(C(OC(C)=O)C(C)(C)O)OC2C1=O. The average Bonchev–Trinajstić information content (AvgIpc) is 3.44. The predicted octanol–water partition coefficient (Wildman–Crippen LogP) is 4.54. The van der Waals surface area contributed by atoms with Crippen molar-refractivity contribution < 1.29 is 29.3 Å². The number of ketones is 1. The number of rotatable bonds is 7. The molecule has 222 valence electrons. The van der Waals surface area contributed by atoms with Crippen molar-refractivity contribution in [1.29, 1.82) is 0 Å². The molecule has 4 N–H and O–H groups in total. The molecule has 5 rings (SSSR count). The van der Waals surface area contributed by atoms with Gasteiger partial charge in [0.05, 0.1) is 23.3 Å². The van der Waals surface area contributed by atoms with Gasteiger partial charge in [0.1, 0.15) is 6.10 Å². The van der Waals surface area contributed by atoms with Gasteiger partial charge in [-0.1, -0.05) is 40.5 Å². The fourth-order valence-electron chi connectivity index (χ4n) is 10.6. The number of hydrogen-bond donors (Lipinski definition) is 3. The quantitative estimate of drug-likeness (QED) is 0.400. The number of Topliss-reactive ketones (excluding diaryl/α,β-unsaturated/α-hetero) is 1. The van der Waals surface area contributed by atoms with Gasteiger partial charge in [0.25, 0.3) is 0 Å². The van der Waals surface area contributed by atoms with E-state index in [1.165, 1.54) is 6.92 Å². The lowest BCUT2D eigenvalue weighted by Gasteiger charge is -2.56. The Bertz CT molecular complexity index is 990. The summed E-state index contributed by atoms with van der Waals surface area (Å²) in [5.41, 5.74) is 5.22. The van der Waals surface area contributed by atoms with Crippen LogP contribution < -0.4 is 5.73 Å². The summed E-state index contributed by atoms with van der Waals surface area (Å²) in [7, 11) is 0. The summed E-state index contributed by atoms with van der Waals surface area (Å²) in [5, 5.41) is 21.8. The number of ether oxygens (including phenoxy) is 2. The van der Waals surface area contributed by atoms with E-state index in [2.05, 4.69) is 27.7 Å². The van der Waals surface area contributed by atoms with Crippen LogP contribution >= 0.6 is 0 Å². The Morgan fingerprint density at radius 3 is 2.51 bits per heavy atom. The minimum Gasteiger partial charge on any atom is -0.457 e. The van der Waals surface area contributed by atoms with E-state index >= 15 is 0 Å². The first kappa shape index (κ1) is 29.5. The fourth-order valence-corrected chi connectivity index (χ4v) is 10.6. The molecule has 1 aliphatic heterocycles. The zero-order valence-electron chi connectivity index (χ0n) is 25.3. The zero-order chi connectivity index (χ0) is 28.8. The molecule has 11 unspecified atom stereocenters. The van der Waals surface area contributed by atoms with Gasteiger partial charge >= 0.3 is 5.97 Å². The highest BCUT2D eigenvalue weighted by Crippen LogP contribution is 2.84. The molecule has 11 atom stereocenters.